The van der Waals surface area contributed by atoms with Gasteiger partial charge in [0, 0.05) is 0 Å². The van der Waals surface area contributed by atoms with Crippen molar-refractivity contribution < 1.29 is 0 Å². The van der Waals surface area contributed by atoms with E-state index < -0.39 is 0 Å². The molecule has 1 radical (unpaired) electrons. The van der Waals surface area contributed by atoms with Gasteiger partial charge in [-0.15, -0.1) is 0 Å². The van der Waals surface area contributed by atoms with Gasteiger partial charge in [-0.2, -0.15) is 0 Å². The molecule has 0 aromatic rings. The van der Waals surface area contributed by atoms with E-state index in [1.54, 1.807) is 0 Å². The third-order valence-electron chi connectivity index (χ3n) is 1.98. The van der Waals surface area contributed by atoms with Crippen LogP contribution in [0.3, 0.4) is 0 Å². The zero-order valence-electron chi connectivity index (χ0n) is 8.97. The van der Waals surface area contributed by atoms with Crippen LogP contribution in [0.1, 0.15) is 51.9 Å². The van der Waals surface area contributed by atoms with Crippen molar-refractivity contribution in [3.05, 3.63) is 31.2 Å². The first-order valence-electron chi connectivity index (χ1n) is 5.52. The Labute approximate surface area is 83.7 Å². The van der Waals surface area contributed by atoms with Crippen LogP contribution < -0.4 is 0 Å². The minimum atomic E-state index is 1.07. The summed E-state index contributed by atoms with van der Waals surface area (Å²) in [6, 6.07) is 0. The van der Waals surface area contributed by atoms with Crippen molar-refractivity contribution in [1.29, 1.82) is 0 Å². The number of rotatable bonds is 8. The first kappa shape index (κ1) is 12.5. The van der Waals surface area contributed by atoms with Crippen LogP contribution in [0.15, 0.2) is 24.3 Å². The van der Waals surface area contributed by atoms with Crippen molar-refractivity contribution in [3.63, 3.8) is 0 Å². The quantitative estimate of drug-likeness (QED) is 0.375. The van der Waals surface area contributed by atoms with Gasteiger partial charge in [-0.3, -0.25) is 0 Å². The number of hydrogen-bond donors (Lipinski definition) is 0. The number of hydrogen-bond acceptors (Lipinski definition) is 0. The van der Waals surface area contributed by atoms with Gasteiger partial charge in [0.15, 0.2) is 0 Å². The van der Waals surface area contributed by atoms with E-state index in [9.17, 15) is 0 Å². The van der Waals surface area contributed by atoms with Crippen molar-refractivity contribution in [2.45, 2.75) is 51.9 Å². The highest BCUT2D eigenvalue weighted by molar-refractivity contribution is 5.02. The van der Waals surface area contributed by atoms with Crippen molar-refractivity contribution in [3.8, 4) is 0 Å². The van der Waals surface area contributed by atoms with Crippen molar-refractivity contribution in [2.24, 2.45) is 0 Å². The normalized spacial score (nSPS) is 11.8. The molecule has 0 heterocycles. The number of unbranched alkanes of at least 4 members (excludes halogenated alkanes) is 5. The molecule has 0 saturated heterocycles. The largest absolute Gasteiger partial charge is 0.0845 e. The van der Waals surface area contributed by atoms with Crippen LogP contribution in [0.25, 0.3) is 0 Å². The Bertz CT molecular complexity index is 131. The van der Waals surface area contributed by atoms with Crippen molar-refractivity contribution >= 4 is 0 Å². The van der Waals surface area contributed by atoms with E-state index in [4.69, 9.17) is 0 Å². The Morgan fingerprint density at radius 1 is 0.923 bits per heavy atom. The Hall–Kier alpha value is -0.520. The molecule has 0 unspecified atom stereocenters. The van der Waals surface area contributed by atoms with E-state index in [0.717, 1.165) is 6.42 Å². The summed E-state index contributed by atoms with van der Waals surface area (Å²) in [5.74, 6) is 0. The molecule has 0 N–H and O–H groups in total. The molecule has 0 nitrogen and oxygen atoms in total. The second kappa shape index (κ2) is 11.5. The molecule has 0 aromatic heterocycles. The fourth-order valence-electron chi connectivity index (χ4n) is 1.11. The van der Waals surface area contributed by atoms with Crippen LogP contribution >= 0.6 is 0 Å². The Morgan fingerprint density at radius 3 is 2.08 bits per heavy atom. The summed E-state index contributed by atoms with van der Waals surface area (Å²) in [4.78, 5) is 0. The fraction of sp³-hybridized carbons (Fsp3) is 0.615. The fourth-order valence-corrected chi connectivity index (χ4v) is 1.11. The zero-order chi connectivity index (χ0) is 9.78. The second-order valence-electron chi connectivity index (χ2n) is 3.35. The molecule has 75 valence electrons. The summed E-state index contributed by atoms with van der Waals surface area (Å²) in [5.41, 5.74) is 0. The first-order chi connectivity index (χ1) is 6.41. The number of allylic oxidation sites excluding steroid dienone is 4. The summed E-state index contributed by atoms with van der Waals surface area (Å²) < 4.78 is 0. The van der Waals surface area contributed by atoms with E-state index >= 15 is 0 Å². The first-order valence-corrected chi connectivity index (χ1v) is 5.52. The lowest BCUT2D eigenvalue weighted by atomic mass is 10.2. The van der Waals surface area contributed by atoms with Crippen LogP contribution in [0.4, 0.5) is 0 Å². The topological polar surface area (TPSA) is 0 Å². The lowest BCUT2D eigenvalue weighted by Crippen LogP contribution is -1.70. The van der Waals surface area contributed by atoms with E-state index in [2.05, 4.69) is 38.2 Å². The third-order valence-corrected chi connectivity index (χ3v) is 1.98. The summed E-state index contributed by atoms with van der Waals surface area (Å²) in [5, 5.41) is 0. The van der Waals surface area contributed by atoms with E-state index in [1.165, 1.54) is 38.5 Å². The van der Waals surface area contributed by atoms with Crippen LogP contribution in [0, 0.1) is 6.92 Å². The SMILES string of the molecule is [CH2]CCCCC=CC=CCCCC. The summed E-state index contributed by atoms with van der Waals surface area (Å²) in [7, 11) is 0. The highest BCUT2D eigenvalue weighted by atomic mass is 13.9. The average Bonchev–Trinajstić information content (AvgIpc) is 2.16. The van der Waals surface area contributed by atoms with Crippen LogP contribution in [-0.2, 0) is 0 Å². The maximum absolute atomic E-state index is 3.82. The van der Waals surface area contributed by atoms with E-state index in [-0.39, 0.29) is 0 Å². The minimum absolute atomic E-state index is 1.07. The van der Waals surface area contributed by atoms with Gasteiger partial charge in [0.2, 0.25) is 0 Å². The third kappa shape index (κ3) is 11.5. The minimum Gasteiger partial charge on any atom is -0.0845 e. The molecule has 0 amide bonds. The molecule has 0 aliphatic heterocycles. The summed E-state index contributed by atoms with van der Waals surface area (Å²) in [6.07, 6.45) is 17.5. The molecule has 0 fully saturated rings. The van der Waals surface area contributed by atoms with Gasteiger partial charge >= 0.3 is 0 Å². The predicted molar refractivity (Wildman–Crippen MR) is 61.6 cm³/mol. The molecule has 0 bridgehead atoms. The molecule has 0 aliphatic carbocycles. The Balaban J connectivity index is 3.15. The van der Waals surface area contributed by atoms with Gasteiger partial charge in [0.1, 0.15) is 0 Å². The van der Waals surface area contributed by atoms with Crippen molar-refractivity contribution in [2.75, 3.05) is 0 Å². The molecule has 0 saturated carbocycles. The monoisotopic (exact) mass is 179 g/mol. The molecular formula is C13H23. The Kier molecular flexibility index (Phi) is 11.0. The average molecular weight is 179 g/mol. The van der Waals surface area contributed by atoms with Crippen LogP contribution in [-0.4, -0.2) is 0 Å². The smallest absolute Gasteiger partial charge is 0.0348 e. The lowest BCUT2D eigenvalue weighted by molar-refractivity contribution is 0.760. The van der Waals surface area contributed by atoms with E-state index in [1.807, 2.05) is 0 Å². The van der Waals surface area contributed by atoms with E-state index in [0.29, 0.717) is 0 Å². The van der Waals surface area contributed by atoms with Gasteiger partial charge in [-0.05, 0) is 19.3 Å². The second-order valence-corrected chi connectivity index (χ2v) is 3.35. The van der Waals surface area contributed by atoms with Crippen LogP contribution in [0.5, 0.6) is 0 Å². The maximum Gasteiger partial charge on any atom is -0.0348 e. The molecule has 0 aliphatic rings. The van der Waals surface area contributed by atoms with Gasteiger partial charge in [0.05, 0.1) is 0 Å². The van der Waals surface area contributed by atoms with Gasteiger partial charge < -0.3 is 0 Å². The van der Waals surface area contributed by atoms with Crippen LogP contribution in [0.2, 0.25) is 0 Å². The maximum atomic E-state index is 3.82. The van der Waals surface area contributed by atoms with Crippen molar-refractivity contribution in [1.82, 2.24) is 0 Å². The molecule has 0 aromatic carbocycles. The van der Waals surface area contributed by atoms with Gasteiger partial charge in [-0.25, -0.2) is 0 Å². The molecule has 0 rings (SSSR count). The molecule has 0 atom stereocenters. The van der Waals surface area contributed by atoms with Gasteiger partial charge in [-0.1, -0.05) is 63.8 Å². The zero-order valence-corrected chi connectivity index (χ0v) is 8.97. The molecule has 13 heavy (non-hydrogen) atoms. The highest BCUT2D eigenvalue weighted by Gasteiger charge is 1.80. The molecule has 0 heteroatoms. The molecular weight excluding hydrogens is 156 g/mol. The summed E-state index contributed by atoms with van der Waals surface area (Å²) >= 11 is 0. The molecule has 0 spiro atoms. The Morgan fingerprint density at radius 2 is 1.54 bits per heavy atom. The lowest BCUT2D eigenvalue weighted by Gasteiger charge is -1.90. The standard InChI is InChI=1S/C13H23/c1-3-5-7-9-11-13-12-10-8-6-4-2/h10-13H,1,3-9H2,2H3. The highest BCUT2D eigenvalue weighted by Crippen LogP contribution is 2.00. The summed E-state index contributed by atoms with van der Waals surface area (Å²) in [6.45, 7) is 6.04. The van der Waals surface area contributed by atoms with Gasteiger partial charge in [0.25, 0.3) is 0 Å². The predicted octanol–water partition coefficient (Wildman–Crippen LogP) is 4.68.